The van der Waals surface area contributed by atoms with Gasteiger partial charge in [-0.15, -0.1) is 0 Å². The molecule has 3 aromatic rings. The molecule has 1 unspecified atom stereocenters. The first-order valence-electron chi connectivity index (χ1n) is 10.1. The minimum absolute atomic E-state index is 0.0312. The highest BCUT2D eigenvalue weighted by Gasteiger charge is 2.28. The van der Waals surface area contributed by atoms with Gasteiger partial charge in [-0.3, -0.25) is 4.79 Å². The van der Waals surface area contributed by atoms with Gasteiger partial charge in [-0.25, -0.2) is 0 Å². The van der Waals surface area contributed by atoms with Gasteiger partial charge in [0.1, 0.15) is 11.8 Å². The number of anilines is 1. The van der Waals surface area contributed by atoms with Crippen LogP contribution in [0.3, 0.4) is 0 Å². The van der Waals surface area contributed by atoms with Crippen LogP contribution in [0.2, 0.25) is 0 Å². The zero-order valence-corrected chi connectivity index (χ0v) is 17.2. The summed E-state index contributed by atoms with van der Waals surface area (Å²) >= 11 is 0. The summed E-state index contributed by atoms with van der Waals surface area (Å²) in [6.07, 6.45) is 2.08. The molecule has 0 radical (unpaired) electrons. The van der Waals surface area contributed by atoms with Crippen molar-refractivity contribution in [2.24, 2.45) is 0 Å². The first-order valence-corrected chi connectivity index (χ1v) is 10.1. The van der Waals surface area contributed by atoms with E-state index in [-0.39, 0.29) is 5.91 Å². The summed E-state index contributed by atoms with van der Waals surface area (Å²) in [7, 11) is 1.53. The zero-order valence-electron chi connectivity index (χ0n) is 17.2. The van der Waals surface area contributed by atoms with E-state index in [1.54, 1.807) is 18.2 Å². The minimum atomic E-state index is -0.479. The third-order valence-corrected chi connectivity index (χ3v) is 5.00. The summed E-state index contributed by atoms with van der Waals surface area (Å²) in [5, 5.41) is 15.4. The van der Waals surface area contributed by atoms with Gasteiger partial charge >= 0.3 is 0 Å². The lowest BCUT2D eigenvalue weighted by Gasteiger charge is -2.20. The molecule has 1 aliphatic rings. The Bertz CT molecular complexity index is 1090. The maximum atomic E-state index is 12.8. The molecule has 0 bridgehead atoms. The fourth-order valence-electron chi connectivity index (χ4n) is 3.19. The van der Waals surface area contributed by atoms with Crippen molar-refractivity contribution in [3.05, 3.63) is 83.9 Å². The van der Waals surface area contributed by atoms with Crippen molar-refractivity contribution in [3.8, 4) is 23.3 Å². The van der Waals surface area contributed by atoms with Crippen molar-refractivity contribution in [3.63, 3.8) is 0 Å². The molecule has 1 saturated carbocycles. The molecule has 0 saturated heterocycles. The highest BCUT2D eigenvalue weighted by Crippen LogP contribution is 2.33. The first-order chi connectivity index (χ1) is 15.2. The molecule has 31 heavy (non-hydrogen) atoms. The maximum absolute atomic E-state index is 12.8. The Morgan fingerprint density at radius 2 is 1.77 bits per heavy atom. The first kappa shape index (κ1) is 20.3. The van der Waals surface area contributed by atoms with Crippen LogP contribution in [0.15, 0.2) is 72.8 Å². The summed E-state index contributed by atoms with van der Waals surface area (Å²) in [4.78, 5) is 12.8. The van der Waals surface area contributed by atoms with E-state index >= 15 is 0 Å². The van der Waals surface area contributed by atoms with E-state index in [2.05, 4.69) is 16.7 Å². The molecule has 0 aromatic heterocycles. The van der Waals surface area contributed by atoms with Crippen LogP contribution in [-0.4, -0.2) is 19.1 Å². The van der Waals surface area contributed by atoms with Crippen molar-refractivity contribution in [1.82, 2.24) is 5.32 Å². The van der Waals surface area contributed by atoms with Gasteiger partial charge in [0, 0.05) is 17.8 Å². The van der Waals surface area contributed by atoms with Crippen LogP contribution < -0.4 is 20.1 Å². The van der Waals surface area contributed by atoms with Gasteiger partial charge in [-0.2, -0.15) is 5.26 Å². The van der Waals surface area contributed by atoms with E-state index in [4.69, 9.17) is 14.7 Å². The number of rotatable bonds is 8. The van der Waals surface area contributed by atoms with E-state index in [1.165, 1.54) is 7.11 Å². The van der Waals surface area contributed by atoms with Crippen LogP contribution in [-0.2, 0) is 4.79 Å². The van der Waals surface area contributed by atoms with Gasteiger partial charge in [-0.1, -0.05) is 30.3 Å². The molecular formula is C25H23N3O3. The number of nitrogens with zero attached hydrogens (tertiary/aromatic N) is 1. The number of methoxy groups -OCH3 is 1. The van der Waals surface area contributed by atoms with Gasteiger partial charge in [0.25, 0.3) is 0 Å². The van der Waals surface area contributed by atoms with Crippen LogP contribution in [0.4, 0.5) is 5.69 Å². The molecule has 4 rings (SSSR count). The van der Waals surface area contributed by atoms with Gasteiger partial charge in [-0.05, 0) is 54.8 Å². The number of amides is 1. The highest BCUT2D eigenvalue weighted by atomic mass is 16.5. The average Bonchev–Trinajstić information content (AvgIpc) is 3.63. The van der Waals surface area contributed by atoms with Crippen LogP contribution in [0.1, 0.15) is 30.0 Å². The molecule has 156 valence electrons. The number of benzene rings is 3. The fourth-order valence-corrected chi connectivity index (χ4v) is 3.19. The van der Waals surface area contributed by atoms with E-state index in [1.807, 2.05) is 54.6 Å². The highest BCUT2D eigenvalue weighted by molar-refractivity contribution is 5.86. The Balaban J connectivity index is 1.49. The lowest BCUT2D eigenvalue weighted by Crippen LogP contribution is -2.34. The predicted molar refractivity (Wildman–Crippen MR) is 118 cm³/mol. The number of hydrogen-bond acceptors (Lipinski definition) is 5. The lowest BCUT2D eigenvalue weighted by atomic mass is 10.1. The fraction of sp³-hybridized carbons (Fsp3) is 0.200. The molecule has 0 aliphatic heterocycles. The summed E-state index contributed by atoms with van der Waals surface area (Å²) < 4.78 is 11.2. The van der Waals surface area contributed by atoms with Crippen LogP contribution in [0.5, 0.6) is 17.2 Å². The SMILES string of the molecule is COc1cc(C#N)ccc1Oc1ccc(NC(C(=O)NC2CC2)c2ccccc2)cc1. The second-order valence-corrected chi connectivity index (χ2v) is 7.37. The van der Waals surface area contributed by atoms with Gasteiger partial charge in [0.2, 0.25) is 5.91 Å². The number of carbonyl (C=O) groups is 1. The second-order valence-electron chi connectivity index (χ2n) is 7.37. The van der Waals surface area contributed by atoms with E-state index in [0.29, 0.717) is 28.9 Å². The number of nitriles is 1. The van der Waals surface area contributed by atoms with Gasteiger partial charge in [0.15, 0.2) is 11.5 Å². The Labute approximate surface area is 181 Å². The standard InChI is InChI=1S/C25H23N3O3/c1-30-23-15-17(16-26)7-14-22(23)31-21-12-10-19(11-13-21)27-24(18-5-3-2-4-6-18)25(29)28-20-8-9-20/h2-7,10-15,20,24,27H,8-9H2,1H3,(H,28,29). The van der Waals surface area contributed by atoms with Crippen LogP contribution in [0, 0.1) is 11.3 Å². The predicted octanol–water partition coefficient (Wildman–Crippen LogP) is 4.79. The third kappa shape index (κ3) is 5.14. The topological polar surface area (TPSA) is 83.4 Å². The van der Waals surface area contributed by atoms with Gasteiger partial charge in [0.05, 0.1) is 18.7 Å². The quantitative estimate of drug-likeness (QED) is 0.555. The summed E-state index contributed by atoms with van der Waals surface area (Å²) in [5.41, 5.74) is 2.21. The number of nitrogens with one attached hydrogen (secondary N) is 2. The smallest absolute Gasteiger partial charge is 0.247 e. The van der Waals surface area contributed by atoms with E-state index in [9.17, 15) is 4.79 Å². The summed E-state index contributed by atoms with van der Waals surface area (Å²) in [6.45, 7) is 0. The number of hydrogen-bond donors (Lipinski definition) is 2. The Morgan fingerprint density at radius 3 is 2.42 bits per heavy atom. The minimum Gasteiger partial charge on any atom is -0.493 e. The van der Waals surface area contributed by atoms with Crippen molar-refractivity contribution in [2.45, 2.75) is 24.9 Å². The Kier molecular flexibility index (Phi) is 6.04. The molecule has 1 aliphatic carbocycles. The maximum Gasteiger partial charge on any atom is 0.247 e. The molecule has 0 heterocycles. The molecule has 2 N–H and O–H groups in total. The van der Waals surface area contributed by atoms with Crippen molar-refractivity contribution < 1.29 is 14.3 Å². The monoisotopic (exact) mass is 413 g/mol. The lowest BCUT2D eigenvalue weighted by molar-refractivity contribution is -0.122. The Hall–Kier alpha value is -3.98. The molecular weight excluding hydrogens is 390 g/mol. The Morgan fingerprint density at radius 1 is 1.03 bits per heavy atom. The van der Waals surface area contributed by atoms with E-state index < -0.39 is 6.04 Å². The number of ether oxygens (including phenoxy) is 2. The second kappa shape index (κ2) is 9.23. The number of carbonyl (C=O) groups excluding carboxylic acids is 1. The normalized spacial score (nSPS) is 13.5. The van der Waals surface area contributed by atoms with Crippen molar-refractivity contribution in [1.29, 1.82) is 5.26 Å². The van der Waals surface area contributed by atoms with E-state index in [0.717, 1.165) is 24.1 Å². The van der Waals surface area contributed by atoms with Crippen LogP contribution >= 0.6 is 0 Å². The molecule has 1 amide bonds. The van der Waals surface area contributed by atoms with Gasteiger partial charge < -0.3 is 20.1 Å². The molecule has 1 fully saturated rings. The van der Waals surface area contributed by atoms with Crippen molar-refractivity contribution in [2.75, 3.05) is 12.4 Å². The molecule has 0 spiro atoms. The summed E-state index contributed by atoms with van der Waals surface area (Å²) in [5.74, 6) is 1.60. The molecule has 3 aromatic carbocycles. The summed E-state index contributed by atoms with van der Waals surface area (Å²) in [6, 6.07) is 24.0. The molecule has 6 nitrogen and oxygen atoms in total. The molecule has 6 heteroatoms. The van der Waals surface area contributed by atoms with Crippen LogP contribution in [0.25, 0.3) is 0 Å². The third-order valence-electron chi connectivity index (χ3n) is 5.00. The average molecular weight is 413 g/mol. The largest absolute Gasteiger partial charge is 0.493 e. The van der Waals surface area contributed by atoms with Crippen molar-refractivity contribution >= 4 is 11.6 Å². The zero-order chi connectivity index (χ0) is 21.6. The molecule has 1 atom stereocenters.